The molecule has 0 spiro atoms. The molecule has 0 fully saturated rings. The number of nitrogens with one attached hydrogen (secondary N) is 4. The fourth-order valence-corrected chi connectivity index (χ4v) is 5.18. The van der Waals surface area contributed by atoms with E-state index in [1.54, 1.807) is 53.3 Å². The summed E-state index contributed by atoms with van der Waals surface area (Å²) in [5, 5.41) is 16.5. The summed E-state index contributed by atoms with van der Waals surface area (Å²) in [6, 6.07) is 30.1. The van der Waals surface area contributed by atoms with Gasteiger partial charge in [-0.2, -0.15) is 5.10 Å². The van der Waals surface area contributed by atoms with Crippen LogP contribution in [0.15, 0.2) is 97.2 Å². The molecular weight excluding hydrogens is 608 g/mol. The Morgan fingerprint density at radius 3 is 1.73 bits per heavy atom. The minimum atomic E-state index is -1.25. The van der Waals surface area contributed by atoms with Crippen molar-refractivity contribution in [1.82, 2.24) is 20.4 Å². The largest absolute Gasteiger partial charge is 0.444 e. The van der Waals surface area contributed by atoms with Crippen LogP contribution in [-0.4, -0.2) is 51.7 Å². The van der Waals surface area contributed by atoms with E-state index in [1.807, 2.05) is 54.6 Å². The second-order valence-electron chi connectivity index (χ2n) is 13.5. The number of nitrogens with zero attached hydrogens (tertiary/aromatic N) is 2. The molecule has 0 radical (unpaired) electrons. The minimum Gasteiger partial charge on any atom is -0.444 e. The van der Waals surface area contributed by atoms with Gasteiger partial charge in [-0.1, -0.05) is 91.0 Å². The number of hydrogen-bond donors (Lipinski definition) is 4. The second kappa shape index (κ2) is 15.1. The van der Waals surface area contributed by atoms with Crippen molar-refractivity contribution in [3.05, 3.63) is 114 Å². The Kier molecular flexibility index (Phi) is 11.1. The van der Waals surface area contributed by atoms with E-state index in [9.17, 15) is 14.4 Å². The van der Waals surface area contributed by atoms with Crippen molar-refractivity contribution in [3.63, 3.8) is 0 Å². The van der Waals surface area contributed by atoms with E-state index in [4.69, 9.17) is 9.47 Å². The topological polar surface area (TPSA) is 136 Å². The number of rotatable bonds is 11. The zero-order valence-electron chi connectivity index (χ0n) is 28.7. The lowest BCUT2D eigenvalue weighted by Crippen LogP contribution is -2.45. The summed E-state index contributed by atoms with van der Waals surface area (Å²) >= 11 is 0. The Morgan fingerprint density at radius 1 is 0.771 bits per heavy atom. The molecule has 254 valence electrons. The number of anilines is 2. The maximum Gasteiger partial charge on any atom is 0.408 e. The first kappa shape index (κ1) is 35.5. The van der Waals surface area contributed by atoms with Gasteiger partial charge in [0, 0.05) is 25.6 Å². The van der Waals surface area contributed by atoms with Gasteiger partial charge in [0.05, 0.1) is 6.20 Å². The van der Waals surface area contributed by atoms with Crippen LogP contribution in [0, 0.1) is 0 Å². The van der Waals surface area contributed by atoms with Crippen molar-refractivity contribution in [2.24, 2.45) is 7.05 Å². The zero-order chi connectivity index (χ0) is 35.0. The quantitative estimate of drug-likeness (QED) is 0.134. The molecule has 0 saturated heterocycles. The summed E-state index contributed by atoms with van der Waals surface area (Å²) in [5.41, 5.74) is 1.10. The number of amides is 3. The third-order valence-corrected chi connectivity index (χ3v) is 7.22. The normalized spacial score (nSPS) is 12.4. The molecule has 1 atom stereocenters. The van der Waals surface area contributed by atoms with Gasteiger partial charge in [0.2, 0.25) is 0 Å². The molecule has 1 aromatic heterocycles. The predicted molar refractivity (Wildman–Crippen MR) is 187 cm³/mol. The number of alkyl carbamates (subject to hydrolysis) is 2. The molecule has 11 nitrogen and oxygen atoms in total. The number of carbonyl (C=O) groups excluding carboxylic acids is 3. The van der Waals surface area contributed by atoms with Crippen LogP contribution in [0.25, 0.3) is 0 Å². The van der Waals surface area contributed by atoms with E-state index in [-0.39, 0.29) is 13.0 Å². The van der Waals surface area contributed by atoms with Crippen molar-refractivity contribution in [1.29, 1.82) is 0 Å². The average Bonchev–Trinajstić information content (AvgIpc) is 3.36. The first-order valence-corrected chi connectivity index (χ1v) is 15.9. The number of aryl methyl sites for hydroxylation is 1. The minimum absolute atomic E-state index is 0.00630. The molecule has 1 heterocycles. The van der Waals surface area contributed by atoms with E-state index in [2.05, 4.69) is 62.8 Å². The molecule has 0 aliphatic carbocycles. The van der Waals surface area contributed by atoms with E-state index in [0.717, 1.165) is 16.7 Å². The predicted octanol–water partition coefficient (Wildman–Crippen LogP) is 6.57. The van der Waals surface area contributed by atoms with Crippen molar-refractivity contribution in [2.45, 2.75) is 70.7 Å². The zero-order valence-corrected chi connectivity index (χ0v) is 28.7. The lowest BCUT2D eigenvalue weighted by molar-refractivity contribution is -0.124. The van der Waals surface area contributed by atoms with Crippen LogP contribution in [0.4, 0.5) is 21.1 Å². The van der Waals surface area contributed by atoms with Crippen LogP contribution in [0.5, 0.6) is 0 Å². The highest BCUT2D eigenvalue weighted by Crippen LogP contribution is 2.41. The van der Waals surface area contributed by atoms with Crippen molar-refractivity contribution in [3.8, 4) is 0 Å². The Bertz CT molecular complexity index is 1560. The van der Waals surface area contributed by atoms with Gasteiger partial charge in [-0.25, -0.2) is 9.59 Å². The lowest BCUT2D eigenvalue weighted by atomic mass is 9.77. The average molecular weight is 655 g/mol. The van der Waals surface area contributed by atoms with Gasteiger partial charge < -0.3 is 30.7 Å². The Morgan fingerprint density at radius 2 is 1.27 bits per heavy atom. The van der Waals surface area contributed by atoms with Gasteiger partial charge in [0.1, 0.15) is 22.6 Å². The van der Waals surface area contributed by atoms with Gasteiger partial charge in [-0.15, -0.1) is 0 Å². The molecule has 0 unspecified atom stereocenters. The highest BCUT2D eigenvalue weighted by atomic mass is 16.6. The number of aromatic nitrogens is 2. The van der Waals surface area contributed by atoms with Crippen molar-refractivity contribution < 1.29 is 23.9 Å². The van der Waals surface area contributed by atoms with E-state index < -0.39 is 40.9 Å². The van der Waals surface area contributed by atoms with E-state index in [1.165, 1.54) is 6.20 Å². The molecule has 48 heavy (non-hydrogen) atoms. The monoisotopic (exact) mass is 654 g/mol. The molecule has 0 aliphatic rings. The number of hydrogen-bond acceptors (Lipinski definition) is 7. The number of benzene rings is 3. The molecule has 4 aromatic rings. The van der Waals surface area contributed by atoms with Crippen LogP contribution in [-0.2, 0) is 26.9 Å². The SMILES string of the molecule is Cn1ncc(NC(=O)[C@H](CCNC(=O)OC(C)(C)C)OC(=O)NC(C)(C)C)c1NC(c1ccccc1)(c1ccccc1)c1ccccc1. The third kappa shape index (κ3) is 9.37. The maximum absolute atomic E-state index is 13.8. The Labute approximate surface area is 282 Å². The molecule has 3 aromatic carbocycles. The molecule has 0 saturated carbocycles. The summed E-state index contributed by atoms with van der Waals surface area (Å²) in [6.07, 6.45) is -1.12. The van der Waals surface area contributed by atoms with Crippen LogP contribution in [0.2, 0.25) is 0 Å². The first-order chi connectivity index (χ1) is 22.7. The van der Waals surface area contributed by atoms with Crippen LogP contribution >= 0.6 is 0 Å². The van der Waals surface area contributed by atoms with Gasteiger partial charge >= 0.3 is 12.2 Å². The summed E-state index contributed by atoms with van der Waals surface area (Å²) < 4.78 is 12.5. The highest BCUT2D eigenvalue weighted by molar-refractivity contribution is 5.97. The molecule has 4 rings (SSSR count). The lowest BCUT2D eigenvalue weighted by Gasteiger charge is -2.38. The fraction of sp³-hybridized carbons (Fsp3) is 0.351. The number of ether oxygens (including phenoxy) is 2. The molecule has 0 aliphatic heterocycles. The summed E-state index contributed by atoms with van der Waals surface area (Å²) in [4.78, 5) is 38.9. The van der Waals surface area contributed by atoms with Crippen molar-refractivity contribution in [2.75, 3.05) is 17.2 Å². The first-order valence-electron chi connectivity index (χ1n) is 15.9. The Hall–Kier alpha value is -5.32. The van der Waals surface area contributed by atoms with E-state index in [0.29, 0.717) is 11.5 Å². The van der Waals surface area contributed by atoms with Crippen LogP contribution < -0.4 is 21.3 Å². The van der Waals surface area contributed by atoms with E-state index >= 15 is 0 Å². The third-order valence-electron chi connectivity index (χ3n) is 7.22. The summed E-state index contributed by atoms with van der Waals surface area (Å²) in [6.45, 7) is 10.7. The second-order valence-corrected chi connectivity index (χ2v) is 13.5. The molecule has 4 N–H and O–H groups in total. The van der Waals surface area contributed by atoms with Gasteiger partial charge in [-0.05, 0) is 58.2 Å². The smallest absolute Gasteiger partial charge is 0.408 e. The highest BCUT2D eigenvalue weighted by Gasteiger charge is 2.38. The summed E-state index contributed by atoms with van der Waals surface area (Å²) in [7, 11) is 1.78. The molecular formula is C37H46N6O5. The standard InChI is InChI=1S/C37H46N6O5/c1-35(2,3)42-34(46)47-30(23-24-38-33(45)48-36(4,5)6)32(44)40-29-25-39-43(7)31(29)41-37(26-17-11-8-12-18-26,27-19-13-9-14-20-27)28-21-15-10-16-22-28/h8-22,25,30,41H,23-24H2,1-7H3,(H,38,45)(H,40,44)(H,42,46)/t30-/m0/s1. The number of carbonyl (C=O) groups is 3. The molecule has 3 amide bonds. The van der Waals surface area contributed by atoms with Crippen LogP contribution in [0.1, 0.15) is 64.7 Å². The van der Waals surface area contributed by atoms with Crippen molar-refractivity contribution >= 4 is 29.6 Å². The fourth-order valence-electron chi connectivity index (χ4n) is 5.18. The maximum atomic E-state index is 13.8. The van der Waals surface area contributed by atoms with Gasteiger partial charge in [0.25, 0.3) is 5.91 Å². The van der Waals surface area contributed by atoms with Gasteiger partial charge in [0.15, 0.2) is 6.10 Å². The molecule has 0 bridgehead atoms. The Balaban J connectivity index is 1.68. The van der Waals surface area contributed by atoms with Crippen LogP contribution in [0.3, 0.4) is 0 Å². The molecule has 11 heteroatoms. The summed E-state index contributed by atoms with van der Waals surface area (Å²) in [5.74, 6) is -0.0736. The van der Waals surface area contributed by atoms with Gasteiger partial charge in [-0.3, -0.25) is 9.48 Å².